The van der Waals surface area contributed by atoms with E-state index >= 15 is 0 Å². The molecule has 0 amide bonds. The highest BCUT2D eigenvalue weighted by Crippen LogP contribution is 2.26. The molecule has 5 nitrogen and oxygen atoms in total. The Kier molecular flexibility index (Phi) is 4.85. The second-order valence-electron chi connectivity index (χ2n) is 3.57. The fourth-order valence-electron chi connectivity index (χ4n) is 1.13. The third-order valence-corrected chi connectivity index (χ3v) is 3.97. The van der Waals surface area contributed by atoms with Gasteiger partial charge in [-0.2, -0.15) is 8.78 Å². The molecular weight excluding hydrogens is 266 g/mol. The first-order chi connectivity index (χ1) is 8.36. The second kappa shape index (κ2) is 5.96. The van der Waals surface area contributed by atoms with Crippen LogP contribution in [0.25, 0.3) is 0 Å². The largest absolute Gasteiger partial charge is 0.433 e. The molecule has 1 aromatic carbocycles. The van der Waals surface area contributed by atoms with Crippen LogP contribution < -0.4 is 15.2 Å². The fraction of sp³-hybridized carbons (Fsp3) is 0.400. The van der Waals surface area contributed by atoms with Gasteiger partial charge in [0.2, 0.25) is 10.0 Å². The van der Waals surface area contributed by atoms with E-state index in [9.17, 15) is 17.2 Å². The smallest absolute Gasteiger partial charge is 0.387 e. The number of ether oxygens (including phenoxy) is 1. The van der Waals surface area contributed by atoms with Crippen LogP contribution in [-0.2, 0) is 10.0 Å². The van der Waals surface area contributed by atoms with Crippen molar-refractivity contribution in [3.63, 3.8) is 0 Å². The molecule has 1 aromatic rings. The highest BCUT2D eigenvalue weighted by atomic mass is 32.2. The van der Waals surface area contributed by atoms with Crippen LogP contribution >= 0.6 is 0 Å². The summed E-state index contributed by atoms with van der Waals surface area (Å²) in [6, 6.07) is 5.54. The molecular formula is C10H14F2N2O3S. The van der Waals surface area contributed by atoms with Crippen LogP contribution in [0.15, 0.2) is 24.3 Å². The lowest BCUT2D eigenvalue weighted by molar-refractivity contribution is -0.0493. The molecule has 0 aliphatic heterocycles. The lowest BCUT2D eigenvalue weighted by Gasteiger charge is -2.15. The van der Waals surface area contributed by atoms with Crippen LogP contribution in [0.5, 0.6) is 5.75 Å². The van der Waals surface area contributed by atoms with Crippen molar-refractivity contribution in [2.75, 3.05) is 11.3 Å². The van der Waals surface area contributed by atoms with Gasteiger partial charge in [-0.05, 0) is 19.1 Å². The summed E-state index contributed by atoms with van der Waals surface area (Å²) >= 11 is 0. The average Bonchev–Trinajstić information content (AvgIpc) is 2.29. The van der Waals surface area contributed by atoms with E-state index in [1.807, 2.05) is 0 Å². The summed E-state index contributed by atoms with van der Waals surface area (Å²) in [4.78, 5) is 0. The molecule has 3 N–H and O–H groups in total. The molecule has 1 atom stereocenters. The zero-order valence-electron chi connectivity index (χ0n) is 9.64. The molecule has 0 aliphatic carbocycles. The van der Waals surface area contributed by atoms with E-state index in [1.165, 1.54) is 31.2 Å². The maximum atomic E-state index is 12.1. The summed E-state index contributed by atoms with van der Waals surface area (Å²) in [7, 11) is -3.72. The summed E-state index contributed by atoms with van der Waals surface area (Å²) in [6.07, 6.45) is 0. The monoisotopic (exact) mass is 280 g/mol. The van der Waals surface area contributed by atoms with Gasteiger partial charge in [-0.15, -0.1) is 0 Å². The number of benzene rings is 1. The molecule has 0 aromatic heterocycles. The number of hydrogen-bond donors (Lipinski definition) is 2. The molecule has 1 unspecified atom stereocenters. The number of halogens is 2. The van der Waals surface area contributed by atoms with E-state index < -0.39 is 21.9 Å². The Morgan fingerprint density at radius 1 is 1.39 bits per heavy atom. The number of sulfonamides is 1. The highest BCUT2D eigenvalue weighted by Gasteiger charge is 2.21. The molecule has 8 heteroatoms. The number of para-hydroxylation sites is 2. The Morgan fingerprint density at radius 2 is 2.00 bits per heavy atom. The van der Waals surface area contributed by atoms with Crippen molar-refractivity contribution in [2.45, 2.75) is 18.8 Å². The Balaban J connectivity index is 2.97. The molecule has 0 bridgehead atoms. The summed E-state index contributed by atoms with van der Waals surface area (Å²) in [5.74, 6) is -0.236. The summed E-state index contributed by atoms with van der Waals surface area (Å²) in [5, 5.41) is -0.836. The minimum Gasteiger partial charge on any atom is -0.433 e. The lowest BCUT2D eigenvalue weighted by Crippen LogP contribution is -2.31. The van der Waals surface area contributed by atoms with Gasteiger partial charge < -0.3 is 10.5 Å². The van der Waals surface area contributed by atoms with Crippen molar-refractivity contribution in [2.24, 2.45) is 5.73 Å². The standard InChI is InChI=1S/C10H14F2N2O3S/c1-7(6-13)18(15,16)14-8-4-2-3-5-9(8)17-10(11)12/h2-5,7,10,14H,6,13H2,1H3. The van der Waals surface area contributed by atoms with Crippen LogP contribution in [0.4, 0.5) is 14.5 Å². The van der Waals surface area contributed by atoms with E-state index in [-0.39, 0.29) is 18.0 Å². The molecule has 0 saturated carbocycles. The van der Waals surface area contributed by atoms with E-state index in [2.05, 4.69) is 9.46 Å². The molecule has 18 heavy (non-hydrogen) atoms. The van der Waals surface area contributed by atoms with Gasteiger partial charge in [-0.25, -0.2) is 8.42 Å². The Bertz CT molecular complexity index is 494. The van der Waals surface area contributed by atoms with Gasteiger partial charge in [0, 0.05) is 6.54 Å². The molecule has 0 saturated heterocycles. The van der Waals surface area contributed by atoms with Crippen molar-refractivity contribution >= 4 is 15.7 Å². The van der Waals surface area contributed by atoms with Crippen molar-refractivity contribution in [3.05, 3.63) is 24.3 Å². The molecule has 0 radical (unpaired) electrons. The molecule has 0 heterocycles. The zero-order valence-corrected chi connectivity index (χ0v) is 10.5. The SMILES string of the molecule is CC(CN)S(=O)(=O)Nc1ccccc1OC(F)F. The number of alkyl halides is 2. The van der Waals surface area contributed by atoms with E-state index in [0.29, 0.717) is 0 Å². The predicted molar refractivity (Wildman–Crippen MR) is 64.1 cm³/mol. The highest BCUT2D eigenvalue weighted by molar-refractivity contribution is 7.93. The average molecular weight is 280 g/mol. The first-order valence-electron chi connectivity index (χ1n) is 5.12. The van der Waals surface area contributed by atoms with Crippen LogP contribution in [0.1, 0.15) is 6.92 Å². The fourth-order valence-corrected chi connectivity index (χ4v) is 2.06. The minimum atomic E-state index is -3.72. The van der Waals surface area contributed by atoms with Crippen molar-refractivity contribution in [3.8, 4) is 5.75 Å². The quantitative estimate of drug-likeness (QED) is 0.824. The maximum Gasteiger partial charge on any atom is 0.387 e. The summed E-state index contributed by atoms with van der Waals surface area (Å²) in [6.45, 7) is -1.69. The minimum absolute atomic E-state index is 0.0434. The Hall–Kier alpha value is -1.41. The number of anilines is 1. The maximum absolute atomic E-state index is 12.1. The Labute approximate surface area is 104 Å². The van der Waals surface area contributed by atoms with Crippen molar-refractivity contribution in [1.29, 1.82) is 0 Å². The molecule has 1 rings (SSSR count). The number of hydrogen-bond acceptors (Lipinski definition) is 4. The van der Waals surface area contributed by atoms with Crippen LogP contribution in [0.3, 0.4) is 0 Å². The molecule has 102 valence electrons. The first-order valence-corrected chi connectivity index (χ1v) is 6.67. The zero-order chi connectivity index (χ0) is 13.8. The summed E-state index contributed by atoms with van der Waals surface area (Å²) in [5.41, 5.74) is 5.22. The second-order valence-corrected chi connectivity index (χ2v) is 5.67. The third-order valence-electron chi connectivity index (χ3n) is 2.22. The lowest BCUT2D eigenvalue weighted by atomic mass is 10.3. The number of nitrogens with two attached hydrogens (primary N) is 1. The van der Waals surface area contributed by atoms with Crippen LogP contribution in [-0.4, -0.2) is 26.8 Å². The van der Waals surface area contributed by atoms with Crippen molar-refractivity contribution < 1.29 is 21.9 Å². The van der Waals surface area contributed by atoms with Gasteiger partial charge >= 0.3 is 6.61 Å². The van der Waals surface area contributed by atoms with Gasteiger partial charge in [-0.1, -0.05) is 12.1 Å². The molecule has 0 aliphatic rings. The third kappa shape index (κ3) is 3.81. The van der Waals surface area contributed by atoms with Gasteiger partial charge in [0.15, 0.2) is 0 Å². The Morgan fingerprint density at radius 3 is 2.56 bits per heavy atom. The predicted octanol–water partition coefficient (Wildman–Crippen LogP) is 1.38. The molecule has 0 fully saturated rings. The van der Waals surface area contributed by atoms with Gasteiger partial charge in [0.25, 0.3) is 0 Å². The van der Waals surface area contributed by atoms with Gasteiger partial charge in [0.1, 0.15) is 5.75 Å². The van der Waals surface area contributed by atoms with Crippen LogP contribution in [0.2, 0.25) is 0 Å². The topological polar surface area (TPSA) is 81.4 Å². The van der Waals surface area contributed by atoms with Gasteiger partial charge in [0.05, 0.1) is 10.9 Å². The van der Waals surface area contributed by atoms with E-state index in [1.54, 1.807) is 0 Å². The van der Waals surface area contributed by atoms with Gasteiger partial charge in [-0.3, -0.25) is 4.72 Å². The van der Waals surface area contributed by atoms with E-state index in [4.69, 9.17) is 5.73 Å². The number of rotatable bonds is 6. The first kappa shape index (κ1) is 14.7. The number of nitrogens with one attached hydrogen (secondary N) is 1. The summed E-state index contributed by atoms with van der Waals surface area (Å²) < 4.78 is 54.1. The van der Waals surface area contributed by atoms with E-state index in [0.717, 1.165) is 0 Å². The van der Waals surface area contributed by atoms with Crippen molar-refractivity contribution in [1.82, 2.24) is 0 Å². The normalized spacial score (nSPS) is 13.4. The molecule has 0 spiro atoms. The van der Waals surface area contributed by atoms with Crippen LogP contribution in [0, 0.1) is 0 Å².